The molecule has 0 aliphatic rings. The minimum Gasteiger partial charge on any atom is -0.372 e. The van der Waals surface area contributed by atoms with Gasteiger partial charge in [0.1, 0.15) is 0 Å². The maximum atomic E-state index is 4.22. The van der Waals surface area contributed by atoms with Crippen LogP contribution in [0.1, 0.15) is 50.3 Å². The molecule has 0 bridgehead atoms. The van der Waals surface area contributed by atoms with Crippen molar-refractivity contribution in [1.29, 1.82) is 0 Å². The highest BCUT2D eigenvalue weighted by Crippen LogP contribution is 2.17. The number of hydrazone groups is 1. The SMILES string of the molecule is C=NN(Cc1cc(C)ccc1C)/C(C)=C\CN(CCC)C(=C)CC. The highest BCUT2D eigenvalue weighted by Gasteiger charge is 2.09. The lowest BCUT2D eigenvalue weighted by molar-refractivity contribution is 0.342. The fraction of sp³-hybridized carbons (Fsp3) is 0.476. The van der Waals surface area contributed by atoms with E-state index in [0.29, 0.717) is 0 Å². The van der Waals surface area contributed by atoms with E-state index in [9.17, 15) is 0 Å². The normalized spacial score (nSPS) is 11.3. The molecule has 0 saturated carbocycles. The number of hydrogen-bond acceptors (Lipinski definition) is 3. The van der Waals surface area contributed by atoms with Crippen molar-refractivity contribution in [2.24, 2.45) is 5.10 Å². The molecular formula is C21H33N3. The topological polar surface area (TPSA) is 18.8 Å². The van der Waals surface area contributed by atoms with Crippen LogP contribution in [0.3, 0.4) is 0 Å². The first-order valence-electron chi connectivity index (χ1n) is 8.82. The van der Waals surface area contributed by atoms with Gasteiger partial charge in [-0.3, -0.25) is 5.01 Å². The minimum absolute atomic E-state index is 0.752. The lowest BCUT2D eigenvalue weighted by atomic mass is 10.1. The van der Waals surface area contributed by atoms with E-state index in [2.05, 4.69) is 82.2 Å². The first kappa shape index (κ1) is 20.0. The molecule has 3 heteroatoms. The van der Waals surface area contributed by atoms with Gasteiger partial charge < -0.3 is 4.90 Å². The van der Waals surface area contributed by atoms with Crippen LogP contribution in [0.25, 0.3) is 0 Å². The number of aryl methyl sites for hydroxylation is 2. The second kappa shape index (κ2) is 9.96. The molecule has 0 atom stereocenters. The minimum atomic E-state index is 0.752. The molecule has 24 heavy (non-hydrogen) atoms. The Hall–Kier alpha value is -2.03. The summed E-state index contributed by atoms with van der Waals surface area (Å²) in [6.07, 6.45) is 4.33. The Morgan fingerprint density at radius 1 is 1.25 bits per heavy atom. The Labute approximate surface area is 148 Å². The summed E-state index contributed by atoms with van der Waals surface area (Å²) < 4.78 is 0. The van der Waals surface area contributed by atoms with E-state index in [0.717, 1.165) is 38.2 Å². The van der Waals surface area contributed by atoms with Crippen molar-refractivity contribution >= 4 is 6.72 Å². The smallest absolute Gasteiger partial charge is 0.0664 e. The van der Waals surface area contributed by atoms with E-state index >= 15 is 0 Å². The van der Waals surface area contributed by atoms with Gasteiger partial charge in [-0.05, 0) is 50.8 Å². The monoisotopic (exact) mass is 327 g/mol. The van der Waals surface area contributed by atoms with Crippen molar-refractivity contribution in [3.63, 3.8) is 0 Å². The van der Waals surface area contributed by atoms with E-state index in [-0.39, 0.29) is 0 Å². The van der Waals surface area contributed by atoms with Crippen LogP contribution in [-0.4, -0.2) is 29.7 Å². The quantitative estimate of drug-likeness (QED) is 0.431. The van der Waals surface area contributed by atoms with Crippen molar-refractivity contribution in [2.75, 3.05) is 13.1 Å². The fourth-order valence-corrected chi connectivity index (χ4v) is 2.64. The van der Waals surface area contributed by atoms with Crippen LogP contribution in [0.4, 0.5) is 0 Å². The van der Waals surface area contributed by atoms with Gasteiger partial charge in [0, 0.05) is 31.2 Å². The van der Waals surface area contributed by atoms with E-state index in [1.807, 2.05) is 5.01 Å². The summed E-state index contributed by atoms with van der Waals surface area (Å²) in [6.45, 7) is 21.3. The fourth-order valence-electron chi connectivity index (χ4n) is 2.64. The maximum Gasteiger partial charge on any atom is 0.0664 e. The number of nitrogens with zero attached hydrogens (tertiary/aromatic N) is 3. The highest BCUT2D eigenvalue weighted by atomic mass is 15.4. The summed E-state index contributed by atoms with van der Waals surface area (Å²) in [5, 5.41) is 6.19. The van der Waals surface area contributed by atoms with Gasteiger partial charge >= 0.3 is 0 Å². The third kappa shape index (κ3) is 5.88. The standard InChI is InChI=1S/C21H33N3/c1-8-13-23(19(5)9-2)14-12-20(6)24(22-7)16-21-15-17(3)10-11-18(21)4/h10-12,15H,5,7-9,13-14,16H2,1-4,6H3/b20-12-. The average molecular weight is 328 g/mol. The molecule has 0 radical (unpaired) electrons. The Balaban J connectivity index is 2.84. The zero-order valence-electron chi connectivity index (χ0n) is 16.1. The maximum absolute atomic E-state index is 4.22. The summed E-state index contributed by atoms with van der Waals surface area (Å²) in [5.74, 6) is 0. The van der Waals surface area contributed by atoms with Crippen LogP contribution in [0, 0.1) is 13.8 Å². The summed E-state index contributed by atoms with van der Waals surface area (Å²) in [5.41, 5.74) is 6.16. The van der Waals surface area contributed by atoms with E-state index in [1.54, 1.807) is 0 Å². The molecule has 1 aromatic carbocycles. The van der Waals surface area contributed by atoms with Gasteiger partial charge in [0.2, 0.25) is 0 Å². The molecule has 0 spiro atoms. The lowest BCUT2D eigenvalue weighted by Gasteiger charge is -2.26. The third-order valence-corrected chi connectivity index (χ3v) is 4.36. The van der Waals surface area contributed by atoms with Gasteiger partial charge in [0.15, 0.2) is 0 Å². The van der Waals surface area contributed by atoms with Crippen LogP contribution >= 0.6 is 0 Å². The molecule has 1 aromatic rings. The van der Waals surface area contributed by atoms with E-state index in [1.165, 1.54) is 22.4 Å². The van der Waals surface area contributed by atoms with Crippen LogP contribution in [0.5, 0.6) is 0 Å². The van der Waals surface area contributed by atoms with Gasteiger partial charge in [0.05, 0.1) is 6.54 Å². The predicted octanol–water partition coefficient (Wildman–Crippen LogP) is 5.26. The van der Waals surface area contributed by atoms with Crippen molar-refractivity contribution in [3.8, 4) is 0 Å². The summed E-state index contributed by atoms with van der Waals surface area (Å²) in [4.78, 5) is 2.34. The number of allylic oxidation sites excluding steroid dienone is 2. The molecule has 0 saturated heterocycles. The van der Waals surface area contributed by atoms with Crippen LogP contribution in [-0.2, 0) is 6.54 Å². The Bertz CT molecular complexity index is 587. The Kier molecular flexibility index (Phi) is 8.31. The molecule has 0 aromatic heterocycles. The molecule has 0 unspecified atom stereocenters. The molecule has 3 nitrogen and oxygen atoms in total. The molecule has 1 rings (SSSR count). The van der Waals surface area contributed by atoms with Crippen molar-refractivity contribution in [1.82, 2.24) is 9.91 Å². The molecule has 0 heterocycles. The third-order valence-electron chi connectivity index (χ3n) is 4.36. The van der Waals surface area contributed by atoms with Crippen molar-refractivity contribution < 1.29 is 0 Å². The zero-order chi connectivity index (χ0) is 18.1. The predicted molar refractivity (Wildman–Crippen MR) is 106 cm³/mol. The first-order valence-corrected chi connectivity index (χ1v) is 8.82. The average Bonchev–Trinajstić information content (AvgIpc) is 2.58. The summed E-state index contributed by atoms with van der Waals surface area (Å²) in [6, 6.07) is 6.54. The van der Waals surface area contributed by atoms with Gasteiger partial charge in [-0.15, -0.1) is 0 Å². The summed E-state index contributed by atoms with van der Waals surface area (Å²) >= 11 is 0. The molecule has 132 valence electrons. The Morgan fingerprint density at radius 3 is 2.54 bits per heavy atom. The van der Waals surface area contributed by atoms with Crippen LogP contribution in [0.2, 0.25) is 0 Å². The summed E-state index contributed by atoms with van der Waals surface area (Å²) in [7, 11) is 0. The number of rotatable bonds is 10. The van der Waals surface area contributed by atoms with E-state index in [4.69, 9.17) is 0 Å². The first-order chi connectivity index (χ1) is 11.4. The highest BCUT2D eigenvalue weighted by molar-refractivity contribution is 5.31. The van der Waals surface area contributed by atoms with Crippen LogP contribution in [0.15, 0.2) is 47.3 Å². The van der Waals surface area contributed by atoms with E-state index < -0.39 is 0 Å². The van der Waals surface area contributed by atoms with Gasteiger partial charge in [-0.1, -0.05) is 44.2 Å². The molecule has 0 aliphatic heterocycles. The largest absolute Gasteiger partial charge is 0.372 e. The second-order valence-corrected chi connectivity index (χ2v) is 6.34. The Morgan fingerprint density at radius 2 is 1.96 bits per heavy atom. The van der Waals surface area contributed by atoms with Gasteiger partial charge in [-0.25, -0.2) is 0 Å². The second-order valence-electron chi connectivity index (χ2n) is 6.34. The number of hydrogen-bond donors (Lipinski definition) is 0. The molecule has 0 N–H and O–H groups in total. The van der Waals surface area contributed by atoms with Gasteiger partial charge in [-0.2, -0.15) is 5.10 Å². The molecular weight excluding hydrogens is 294 g/mol. The zero-order valence-corrected chi connectivity index (χ0v) is 16.1. The molecule has 0 fully saturated rings. The van der Waals surface area contributed by atoms with Crippen molar-refractivity contribution in [3.05, 3.63) is 58.9 Å². The molecule has 0 amide bonds. The van der Waals surface area contributed by atoms with Gasteiger partial charge in [0.25, 0.3) is 0 Å². The lowest BCUT2D eigenvalue weighted by Crippen LogP contribution is -2.24. The number of benzene rings is 1. The van der Waals surface area contributed by atoms with Crippen LogP contribution < -0.4 is 0 Å². The molecule has 0 aliphatic carbocycles. The van der Waals surface area contributed by atoms with Crippen molar-refractivity contribution in [2.45, 2.75) is 54.0 Å².